The van der Waals surface area contributed by atoms with Gasteiger partial charge in [0.1, 0.15) is 12.2 Å². The van der Waals surface area contributed by atoms with E-state index in [2.05, 4.69) is 32.1 Å². The van der Waals surface area contributed by atoms with Crippen molar-refractivity contribution in [1.29, 1.82) is 0 Å². The molecule has 0 spiro atoms. The van der Waals surface area contributed by atoms with Crippen LogP contribution in [0.15, 0.2) is 23.8 Å². The van der Waals surface area contributed by atoms with Gasteiger partial charge in [0, 0.05) is 0 Å². The van der Waals surface area contributed by atoms with E-state index in [1.807, 2.05) is 13.8 Å². The molecule has 3 nitrogen and oxygen atoms in total. The van der Waals surface area contributed by atoms with E-state index in [1.165, 1.54) is 5.57 Å². The lowest BCUT2D eigenvalue weighted by Gasteiger charge is -2.21. The summed E-state index contributed by atoms with van der Waals surface area (Å²) in [5.41, 5.74) is 1.27. The molecule has 0 unspecified atom stereocenters. The first-order chi connectivity index (χ1) is 7.98. The quantitative estimate of drug-likeness (QED) is 0.753. The van der Waals surface area contributed by atoms with E-state index in [9.17, 15) is 0 Å². The van der Waals surface area contributed by atoms with Gasteiger partial charge < -0.3 is 14.2 Å². The van der Waals surface area contributed by atoms with Gasteiger partial charge in [0.15, 0.2) is 5.79 Å². The Hall–Kier alpha value is -0.640. The largest absolute Gasteiger partial charge is 0.378 e. The summed E-state index contributed by atoms with van der Waals surface area (Å²) in [5.74, 6) is -0.484. The van der Waals surface area contributed by atoms with Gasteiger partial charge in [-0.25, -0.2) is 0 Å². The van der Waals surface area contributed by atoms with Crippen molar-refractivity contribution in [3.05, 3.63) is 23.8 Å². The van der Waals surface area contributed by atoms with Gasteiger partial charge in [-0.2, -0.15) is 0 Å². The molecule has 17 heavy (non-hydrogen) atoms. The maximum absolute atomic E-state index is 5.93. The molecule has 0 aromatic rings. The molecule has 2 rings (SSSR count). The van der Waals surface area contributed by atoms with Gasteiger partial charge >= 0.3 is 0 Å². The Balaban J connectivity index is 1.94. The van der Waals surface area contributed by atoms with E-state index in [0.717, 1.165) is 13.0 Å². The van der Waals surface area contributed by atoms with Crippen molar-refractivity contribution in [3.8, 4) is 0 Å². The van der Waals surface area contributed by atoms with Crippen molar-refractivity contribution in [3.63, 3.8) is 0 Å². The maximum Gasteiger partial charge on any atom is 0.164 e. The van der Waals surface area contributed by atoms with Crippen LogP contribution in [0.25, 0.3) is 0 Å². The normalized spacial score (nSPS) is 30.5. The molecule has 1 saturated heterocycles. The minimum atomic E-state index is -0.484. The van der Waals surface area contributed by atoms with Crippen molar-refractivity contribution >= 4 is 0 Å². The fourth-order valence-corrected chi connectivity index (χ4v) is 2.24. The highest BCUT2D eigenvalue weighted by molar-refractivity contribution is 5.27. The summed E-state index contributed by atoms with van der Waals surface area (Å²) in [5, 5.41) is 0. The zero-order chi connectivity index (χ0) is 12.5. The number of allylic oxidation sites excluding steroid dienone is 2. The van der Waals surface area contributed by atoms with Crippen molar-refractivity contribution in [2.75, 3.05) is 6.61 Å². The van der Waals surface area contributed by atoms with Crippen LogP contribution < -0.4 is 0 Å². The molecule has 1 heterocycles. The van der Waals surface area contributed by atoms with Gasteiger partial charge in [-0.15, -0.1) is 0 Å². The van der Waals surface area contributed by atoms with Crippen molar-refractivity contribution in [1.82, 2.24) is 0 Å². The first-order valence-corrected chi connectivity index (χ1v) is 6.32. The van der Waals surface area contributed by atoms with Crippen molar-refractivity contribution in [2.24, 2.45) is 0 Å². The summed E-state index contributed by atoms with van der Waals surface area (Å²) in [6.45, 7) is 8.76. The van der Waals surface area contributed by atoms with Crippen LogP contribution in [0.5, 0.6) is 0 Å². The molecule has 1 aliphatic heterocycles. The maximum atomic E-state index is 5.93. The molecule has 0 radical (unpaired) electrons. The number of rotatable bonds is 4. The van der Waals surface area contributed by atoms with Gasteiger partial charge in [-0.1, -0.05) is 18.2 Å². The van der Waals surface area contributed by atoms with Crippen LogP contribution in [0.1, 0.15) is 34.1 Å². The zero-order valence-electron chi connectivity index (χ0n) is 11.1. The Bertz CT molecular complexity index is 328. The Morgan fingerprint density at radius 1 is 1.35 bits per heavy atom. The van der Waals surface area contributed by atoms with Crippen LogP contribution >= 0.6 is 0 Å². The van der Waals surface area contributed by atoms with Crippen LogP contribution in [0.3, 0.4) is 0 Å². The average Bonchev–Trinajstić information content (AvgIpc) is 2.52. The molecule has 0 amide bonds. The first-order valence-electron chi connectivity index (χ1n) is 6.32. The lowest BCUT2D eigenvalue weighted by Crippen LogP contribution is -2.26. The minimum Gasteiger partial charge on any atom is -0.378 e. The third-order valence-corrected chi connectivity index (χ3v) is 2.95. The Morgan fingerprint density at radius 2 is 2.12 bits per heavy atom. The molecule has 3 heteroatoms. The van der Waals surface area contributed by atoms with Crippen molar-refractivity contribution in [2.45, 2.75) is 58.2 Å². The molecule has 2 aliphatic rings. The van der Waals surface area contributed by atoms with Gasteiger partial charge in [-0.05, 0) is 39.7 Å². The lowest BCUT2D eigenvalue weighted by molar-refractivity contribution is -0.139. The zero-order valence-corrected chi connectivity index (χ0v) is 11.1. The van der Waals surface area contributed by atoms with E-state index in [1.54, 1.807) is 0 Å². The molecule has 1 fully saturated rings. The summed E-state index contributed by atoms with van der Waals surface area (Å²) in [6.07, 6.45) is 7.54. The number of ether oxygens (including phenoxy) is 3. The Labute approximate surface area is 103 Å². The van der Waals surface area contributed by atoms with Crippen molar-refractivity contribution < 1.29 is 14.2 Å². The number of hydrogen-bond donors (Lipinski definition) is 0. The molecule has 0 aromatic carbocycles. The highest BCUT2D eigenvalue weighted by Crippen LogP contribution is 2.35. The predicted octanol–water partition coefficient (Wildman–Crippen LogP) is 2.82. The third-order valence-electron chi connectivity index (χ3n) is 2.95. The molecule has 0 saturated carbocycles. The fourth-order valence-electron chi connectivity index (χ4n) is 2.24. The minimum absolute atomic E-state index is 0.0593. The van der Waals surface area contributed by atoms with Gasteiger partial charge in [0.2, 0.25) is 0 Å². The van der Waals surface area contributed by atoms with Crippen LogP contribution in [0.2, 0.25) is 0 Å². The Morgan fingerprint density at radius 3 is 2.82 bits per heavy atom. The molecule has 2 atom stereocenters. The number of fused-ring (bicyclic) bond motifs is 1. The standard InChI is InChI=1S/C14H22O3/c1-10(2)15-9-8-11-6-5-7-12-13(11)17-14(3,4)16-12/h5-7,10,12-13H,8-9H2,1-4H3/t12-,13+/m0/s1. The van der Waals surface area contributed by atoms with Crippen LogP contribution in [-0.4, -0.2) is 30.7 Å². The van der Waals surface area contributed by atoms with Crippen LogP contribution in [0.4, 0.5) is 0 Å². The average molecular weight is 238 g/mol. The summed E-state index contributed by atoms with van der Waals surface area (Å²) >= 11 is 0. The van der Waals surface area contributed by atoms with E-state index in [0.29, 0.717) is 0 Å². The smallest absolute Gasteiger partial charge is 0.164 e. The van der Waals surface area contributed by atoms with E-state index in [4.69, 9.17) is 14.2 Å². The molecule has 0 aromatic heterocycles. The van der Waals surface area contributed by atoms with Gasteiger partial charge in [-0.3, -0.25) is 0 Å². The molecule has 96 valence electrons. The van der Waals surface area contributed by atoms with E-state index >= 15 is 0 Å². The predicted molar refractivity (Wildman–Crippen MR) is 66.8 cm³/mol. The van der Waals surface area contributed by atoms with Crippen LogP contribution in [0, 0.1) is 0 Å². The van der Waals surface area contributed by atoms with Crippen LogP contribution in [-0.2, 0) is 14.2 Å². The van der Waals surface area contributed by atoms with E-state index < -0.39 is 5.79 Å². The summed E-state index contributed by atoms with van der Waals surface area (Å²) in [7, 11) is 0. The molecule has 0 N–H and O–H groups in total. The summed E-state index contributed by atoms with van der Waals surface area (Å²) < 4.78 is 17.3. The fraction of sp³-hybridized carbons (Fsp3) is 0.714. The first kappa shape index (κ1) is 12.8. The summed E-state index contributed by atoms with van der Waals surface area (Å²) in [6, 6.07) is 0. The van der Waals surface area contributed by atoms with Gasteiger partial charge in [0.05, 0.1) is 12.7 Å². The SMILES string of the molecule is CC(C)OCCC1=CC=C[C@@H]2OC(C)(C)O[C@H]12. The molecular weight excluding hydrogens is 216 g/mol. The highest BCUT2D eigenvalue weighted by atomic mass is 16.7. The molecule has 1 aliphatic carbocycles. The monoisotopic (exact) mass is 238 g/mol. The molecular formula is C14H22O3. The second kappa shape index (κ2) is 4.92. The Kier molecular flexibility index (Phi) is 3.71. The van der Waals surface area contributed by atoms with Gasteiger partial charge in [0.25, 0.3) is 0 Å². The highest BCUT2D eigenvalue weighted by Gasteiger charge is 2.42. The summed E-state index contributed by atoms with van der Waals surface area (Å²) in [4.78, 5) is 0. The number of hydrogen-bond acceptors (Lipinski definition) is 3. The topological polar surface area (TPSA) is 27.7 Å². The lowest BCUT2D eigenvalue weighted by atomic mass is 9.97. The second-order valence-electron chi connectivity index (χ2n) is 5.32. The molecule has 0 bridgehead atoms. The third kappa shape index (κ3) is 3.18. The second-order valence-corrected chi connectivity index (χ2v) is 5.32. The van der Waals surface area contributed by atoms with E-state index in [-0.39, 0.29) is 18.3 Å².